The Balaban J connectivity index is 0.000000119. The van der Waals surface area contributed by atoms with E-state index in [2.05, 4.69) is 6.07 Å². The molecule has 0 atom stereocenters. The lowest BCUT2D eigenvalue weighted by atomic mass is 9.99. The summed E-state index contributed by atoms with van der Waals surface area (Å²) in [6.07, 6.45) is 14.5. The minimum atomic E-state index is 1.04. The quantitative estimate of drug-likeness (QED) is 0.621. The van der Waals surface area contributed by atoms with Crippen molar-refractivity contribution in [2.75, 3.05) is 11.5 Å². The highest BCUT2D eigenvalue weighted by Crippen LogP contribution is 2.42. The van der Waals surface area contributed by atoms with Gasteiger partial charge in [0, 0.05) is 16.4 Å². The van der Waals surface area contributed by atoms with E-state index < -0.39 is 0 Å². The van der Waals surface area contributed by atoms with Gasteiger partial charge in [-0.1, -0.05) is 17.7 Å². The smallest absolute Gasteiger partial charge is 0.0477 e. The Labute approximate surface area is 167 Å². The van der Waals surface area contributed by atoms with Crippen LogP contribution in [0.5, 0.6) is 0 Å². The van der Waals surface area contributed by atoms with Gasteiger partial charge in [-0.15, -0.1) is 0 Å². The number of hydrogen-bond acceptors (Lipinski definition) is 2. The van der Waals surface area contributed by atoms with Crippen LogP contribution >= 0.6 is 11.6 Å². The third kappa shape index (κ3) is 2.76. The number of rotatable bonds is 0. The first-order chi connectivity index (χ1) is 13.1. The second kappa shape index (κ2) is 6.74. The Morgan fingerprint density at radius 3 is 1.41 bits per heavy atom. The van der Waals surface area contributed by atoms with Crippen LogP contribution in [0.3, 0.4) is 0 Å². The van der Waals surface area contributed by atoms with E-state index >= 15 is 0 Å². The van der Waals surface area contributed by atoms with Crippen LogP contribution in [-0.2, 0) is 51.4 Å². The summed E-state index contributed by atoms with van der Waals surface area (Å²) in [6.45, 7) is 0. The predicted molar refractivity (Wildman–Crippen MR) is 115 cm³/mol. The molecule has 2 aromatic rings. The van der Waals surface area contributed by atoms with E-state index in [9.17, 15) is 0 Å². The van der Waals surface area contributed by atoms with Crippen LogP contribution in [0.2, 0.25) is 5.02 Å². The van der Waals surface area contributed by atoms with Gasteiger partial charge in [-0.2, -0.15) is 0 Å². The summed E-state index contributed by atoms with van der Waals surface area (Å²) in [5, 5.41) is 1.04. The first kappa shape index (κ1) is 17.4. The summed E-state index contributed by atoms with van der Waals surface area (Å²) in [6, 6.07) is 2.42. The molecule has 142 valence electrons. The Kier molecular flexibility index (Phi) is 4.35. The van der Waals surface area contributed by atoms with Gasteiger partial charge in [0.25, 0.3) is 0 Å². The zero-order chi connectivity index (χ0) is 18.5. The number of halogens is 1. The van der Waals surface area contributed by atoms with E-state index in [1.54, 1.807) is 0 Å². The van der Waals surface area contributed by atoms with Gasteiger partial charge in [-0.3, -0.25) is 0 Å². The lowest BCUT2D eigenvalue weighted by Gasteiger charge is -2.13. The SMILES string of the molecule is Nc1c2c(c(Cl)c3c1CCC3)CCC2.Nc1c2c(cc3c1CCC3)CCC2. The summed E-state index contributed by atoms with van der Waals surface area (Å²) in [7, 11) is 0. The summed E-state index contributed by atoms with van der Waals surface area (Å²) < 4.78 is 0. The molecule has 0 saturated heterocycles. The summed E-state index contributed by atoms with van der Waals surface area (Å²) in [5.74, 6) is 0. The Bertz CT molecular complexity index is 825. The number of aryl methyl sites for hydroxylation is 2. The van der Waals surface area contributed by atoms with Gasteiger partial charge in [0.2, 0.25) is 0 Å². The van der Waals surface area contributed by atoms with Crippen LogP contribution < -0.4 is 11.5 Å². The highest BCUT2D eigenvalue weighted by Gasteiger charge is 2.26. The molecule has 4 N–H and O–H groups in total. The second-order valence-electron chi connectivity index (χ2n) is 8.62. The monoisotopic (exact) mass is 380 g/mol. The van der Waals surface area contributed by atoms with Crippen molar-refractivity contribution in [3.8, 4) is 0 Å². The highest BCUT2D eigenvalue weighted by molar-refractivity contribution is 6.32. The Morgan fingerprint density at radius 1 is 0.519 bits per heavy atom. The number of anilines is 2. The molecule has 0 aromatic heterocycles. The normalized spacial score (nSPS) is 18.6. The van der Waals surface area contributed by atoms with E-state index in [-0.39, 0.29) is 0 Å². The van der Waals surface area contributed by atoms with Crippen molar-refractivity contribution in [2.24, 2.45) is 0 Å². The van der Waals surface area contributed by atoms with E-state index in [4.69, 9.17) is 23.1 Å². The largest absolute Gasteiger partial charge is 0.398 e. The standard InChI is InChI=1S/C12H14ClN.C12H15N/c13-11-7-3-1-5-9(7)12(14)10-6-2-4-8(10)11;13-12-10-5-1-3-8(10)7-9-4-2-6-11(9)12/h1-6,14H2;7H,1-6,13H2. The average Bonchev–Trinajstić information content (AvgIpc) is 3.46. The minimum Gasteiger partial charge on any atom is -0.398 e. The maximum atomic E-state index is 6.42. The molecule has 4 aliphatic carbocycles. The number of benzene rings is 2. The van der Waals surface area contributed by atoms with Gasteiger partial charge in [-0.25, -0.2) is 0 Å². The molecule has 0 heterocycles. The number of hydrogen-bond donors (Lipinski definition) is 2. The zero-order valence-corrected chi connectivity index (χ0v) is 16.9. The first-order valence-corrected chi connectivity index (χ1v) is 11.1. The first-order valence-electron chi connectivity index (χ1n) is 10.7. The van der Waals surface area contributed by atoms with Crippen LogP contribution in [0.15, 0.2) is 6.07 Å². The van der Waals surface area contributed by atoms with E-state index in [1.165, 1.54) is 95.9 Å². The second-order valence-corrected chi connectivity index (χ2v) is 9.00. The molecular formula is C24H29ClN2. The number of nitrogen functional groups attached to an aromatic ring is 2. The maximum Gasteiger partial charge on any atom is 0.0477 e. The van der Waals surface area contributed by atoms with Gasteiger partial charge >= 0.3 is 0 Å². The topological polar surface area (TPSA) is 52.0 Å². The number of fused-ring (bicyclic) bond motifs is 4. The van der Waals surface area contributed by atoms with Crippen molar-refractivity contribution in [1.82, 2.24) is 0 Å². The summed E-state index contributed by atoms with van der Waals surface area (Å²) in [5.41, 5.74) is 26.0. The maximum absolute atomic E-state index is 6.42. The molecule has 0 spiro atoms. The predicted octanol–water partition coefficient (Wildman–Crippen LogP) is 5.15. The van der Waals surface area contributed by atoms with Crippen LogP contribution in [0.25, 0.3) is 0 Å². The Hall–Kier alpha value is -1.67. The van der Waals surface area contributed by atoms with Gasteiger partial charge in [0.15, 0.2) is 0 Å². The van der Waals surface area contributed by atoms with Gasteiger partial charge in [0.1, 0.15) is 0 Å². The third-order valence-electron chi connectivity index (χ3n) is 7.14. The molecule has 2 nitrogen and oxygen atoms in total. The van der Waals surface area contributed by atoms with Crippen molar-refractivity contribution in [3.63, 3.8) is 0 Å². The van der Waals surface area contributed by atoms with Crippen LogP contribution in [0.1, 0.15) is 70.2 Å². The molecular weight excluding hydrogens is 352 g/mol. The average molecular weight is 381 g/mol. The molecule has 2 aromatic carbocycles. The van der Waals surface area contributed by atoms with Crippen LogP contribution in [0, 0.1) is 0 Å². The summed E-state index contributed by atoms with van der Waals surface area (Å²) in [4.78, 5) is 0. The molecule has 0 amide bonds. The van der Waals surface area contributed by atoms with Crippen molar-refractivity contribution in [1.29, 1.82) is 0 Å². The highest BCUT2D eigenvalue weighted by atomic mass is 35.5. The van der Waals surface area contributed by atoms with Gasteiger partial charge < -0.3 is 11.5 Å². The molecule has 0 bridgehead atoms. The fourth-order valence-electron chi connectivity index (χ4n) is 5.79. The van der Waals surface area contributed by atoms with Crippen LogP contribution in [-0.4, -0.2) is 0 Å². The fraction of sp³-hybridized carbons (Fsp3) is 0.500. The molecule has 0 saturated carbocycles. The van der Waals surface area contributed by atoms with Crippen LogP contribution in [0.4, 0.5) is 11.4 Å². The van der Waals surface area contributed by atoms with Crippen molar-refractivity contribution >= 4 is 23.0 Å². The minimum absolute atomic E-state index is 1.04. The van der Waals surface area contributed by atoms with Crippen molar-refractivity contribution in [3.05, 3.63) is 55.6 Å². The third-order valence-corrected chi connectivity index (χ3v) is 7.59. The molecule has 27 heavy (non-hydrogen) atoms. The van der Waals surface area contributed by atoms with Gasteiger partial charge in [0.05, 0.1) is 0 Å². The fourth-order valence-corrected chi connectivity index (χ4v) is 6.21. The molecule has 0 radical (unpaired) electrons. The lowest BCUT2D eigenvalue weighted by Crippen LogP contribution is -2.01. The lowest BCUT2D eigenvalue weighted by molar-refractivity contribution is 0.898. The molecule has 0 fully saturated rings. The van der Waals surface area contributed by atoms with E-state index in [0.717, 1.165) is 42.1 Å². The molecule has 0 unspecified atom stereocenters. The van der Waals surface area contributed by atoms with Crippen molar-refractivity contribution in [2.45, 2.75) is 77.0 Å². The molecule has 3 heteroatoms. The Morgan fingerprint density at radius 2 is 0.889 bits per heavy atom. The van der Waals surface area contributed by atoms with Gasteiger partial charge in [-0.05, 0) is 122 Å². The number of nitrogens with two attached hydrogens (primary N) is 2. The van der Waals surface area contributed by atoms with Crippen molar-refractivity contribution < 1.29 is 0 Å². The molecule has 6 rings (SSSR count). The van der Waals surface area contributed by atoms with E-state index in [1.807, 2.05) is 0 Å². The zero-order valence-electron chi connectivity index (χ0n) is 16.1. The molecule has 0 aliphatic heterocycles. The molecule has 4 aliphatic rings. The summed E-state index contributed by atoms with van der Waals surface area (Å²) >= 11 is 6.42. The van der Waals surface area contributed by atoms with E-state index in [0.29, 0.717) is 0 Å².